The quantitative estimate of drug-likeness (QED) is 0.910. The molecule has 1 aromatic heterocycles. The molecule has 134 valence electrons. The molecule has 5 heteroatoms. The standard InChI is InChI=1S/C20H28N4O/c1-15-11-16(2)24(22-15)14-17-6-8-19(9-7-17)20(25)23-10-4-5-18(13-23)12-21-3/h6-9,11,18,21H,4-5,10,12-14H2,1-3H3/t18-/m0/s1. The number of benzene rings is 1. The lowest BCUT2D eigenvalue weighted by Gasteiger charge is -2.32. The summed E-state index contributed by atoms with van der Waals surface area (Å²) in [5.74, 6) is 0.714. The van der Waals surface area contributed by atoms with Crippen LogP contribution in [0.15, 0.2) is 30.3 Å². The minimum absolute atomic E-state index is 0.151. The number of nitrogens with one attached hydrogen (secondary N) is 1. The van der Waals surface area contributed by atoms with E-state index in [1.807, 2.05) is 47.8 Å². The van der Waals surface area contributed by atoms with Gasteiger partial charge >= 0.3 is 0 Å². The third-order valence-corrected chi connectivity index (χ3v) is 4.94. The fraction of sp³-hybridized carbons (Fsp3) is 0.500. The molecule has 0 spiro atoms. The summed E-state index contributed by atoms with van der Waals surface area (Å²) >= 11 is 0. The monoisotopic (exact) mass is 340 g/mol. The first kappa shape index (κ1) is 17.7. The van der Waals surface area contributed by atoms with Gasteiger partial charge in [-0.3, -0.25) is 9.48 Å². The fourth-order valence-corrected chi connectivity index (χ4v) is 3.65. The molecule has 25 heavy (non-hydrogen) atoms. The van der Waals surface area contributed by atoms with Gasteiger partial charge in [-0.1, -0.05) is 12.1 Å². The van der Waals surface area contributed by atoms with E-state index in [0.717, 1.165) is 55.1 Å². The Morgan fingerprint density at radius 1 is 1.28 bits per heavy atom. The lowest BCUT2D eigenvalue weighted by atomic mass is 9.97. The molecule has 0 saturated carbocycles. The molecule has 1 N–H and O–H groups in total. The van der Waals surface area contributed by atoms with Gasteiger partial charge in [-0.15, -0.1) is 0 Å². The van der Waals surface area contributed by atoms with Crippen molar-refractivity contribution in [2.24, 2.45) is 5.92 Å². The van der Waals surface area contributed by atoms with Crippen LogP contribution in [0.25, 0.3) is 0 Å². The zero-order valence-electron chi connectivity index (χ0n) is 15.5. The maximum atomic E-state index is 12.8. The van der Waals surface area contributed by atoms with E-state index in [0.29, 0.717) is 5.92 Å². The normalized spacial score (nSPS) is 17.7. The summed E-state index contributed by atoms with van der Waals surface area (Å²) in [7, 11) is 1.97. The van der Waals surface area contributed by atoms with Gasteiger partial charge in [-0.25, -0.2) is 0 Å². The number of carbonyl (C=O) groups excluding carboxylic acids is 1. The first-order valence-electron chi connectivity index (χ1n) is 9.10. The predicted molar refractivity (Wildman–Crippen MR) is 99.8 cm³/mol. The molecule has 1 amide bonds. The van der Waals surface area contributed by atoms with Crippen LogP contribution in [0.3, 0.4) is 0 Å². The molecule has 2 heterocycles. The summed E-state index contributed by atoms with van der Waals surface area (Å²) in [5, 5.41) is 7.73. The van der Waals surface area contributed by atoms with Crippen molar-refractivity contribution in [3.63, 3.8) is 0 Å². The summed E-state index contributed by atoms with van der Waals surface area (Å²) in [6, 6.07) is 10.1. The number of hydrogen-bond donors (Lipinski definition) is 1. The number of likely N-dealkylation sites (tertiary alicyclic amines) is 1. The first-order valence-corrected chi connectivity index (χ1v) is 9.10. The molecule has 5 nitrogen and oxygen atoms in total. The Kier molecular flexibility index (Phi) is 5.53. The maximum Gasteiger partial charge on any atom is 0.253 e. The molecule has 0 unspecified atom stereocenters. The number of piperidine rings is 1. The van der Waals surface area contributed by atoms with Crippen LogP contribution in [0.1, 0.15) is 40.2 Å². The van der Waals surface area contributed by atoms with Crippen molar-refractivity contribution < 1.29 is 4.79 Å². The number of amides is 1. The molecule has 1 aliphatic heterocycles. The topological polar surface area (TPSA) is 50.2 Å². The largest absolute Gasteiger partial charge is 0.338 e. The highest BCUT2D eigenvalue weighted by Gasteiger charge is 2.23. The number of hydrogen-bond acceptors (Lipinski definition) is 3. The van der Waals surface area contributed by atoms with Crippen LogP contribution in [-0.2, 0) is 6.54 Å². The summed E-state index contributed by atoms with van der Waals surface area (Å²) in [6.07, 6.45) is 2.29. The van der Waals surface area contributed by atoms with Crippen molar-refractivity contribution in [3.05, 3.63) is 52.8 Å². The van der Waals surface area contributed by atoms with Crippen LogP contribution in [0.5, 0.6) is 0 Å². The van der Waals surface area contributed by atoms with Crippen LogP contribution < -0.4 is 5.32 Å². The summed E-state index contributed by atoms with van der Waals surface area (Å²) in [5.41, 5.74) is 4.13. The van der Waals surface area contributed by atoms with Gasteiger partial charge in [0.2, 0.25) is 0 Å². The van der Waals surface area contributed by atoms with Gasteiger partial charge in [0.15, 0.2) is 0 Å². The highest BCUT2D eigenvalue weighted by Crippen LogP contribution is 2.18. The average molecular weight is 340 g/mol. The van der Waals surface area contributed by atoms with Gasteiger partial charge in [0.05, 0.1) is 12.2 Å². The second-order valence-corrected chi connectivity index (χ2v) is 7.10. The van der Waals surface area contributed by atoms with Crippen LogP contribution >= 0.6 is 0 Å². The number of aryl methyl sites for hydroxylation is 2. The molecule has 1 fully saturated rings. The zero-order chi connectivity index (χ0) is 17.8. The fourth-order valence-electron chi connectivity index (χ4n) is 3.65. The van der Waals surface area contributed by atoms with Crippen molar-refractivity contribution >= 4 is 5.91 Å². The zero-order valence-corrected chi connectivity index (χ0v) is 15.5. The number of rotatable bonds is 5. The Hall–Kier alpha value is -2.14. The minimum atomic E-state index is 0.151. The molecule has 1 aliphatic rings. The first-order chi connectivity index (χ1) is 12.1. The van der Waals surface area contributed by atoms with Crippen LogP contribution in [0.4, 0.5) is 0 Å². The van der Waals surface area contributed by atoms with Crippen LogP contribution in [0, 0.1) is 19.8 Å². The van der Waals surface area contributed by atoms with Gasteiger partial charge < -0.3 is 10.2 Å². The number of nitrogens with zero attached hydrogens (tertiary/aromatic N) is 3. The van der Waals surface area contributed by atoms with Gasteiger partial charge in [0.25, 0.3) is 5.91 Å². The highest BCUT2D eigenvalue weighted by molar-refractivity contribution is 5.94. The van der Waals surface area contributed by atoms with E-state index in [4.69, 9.17) is 0 Å². The third kappa shape index (κ3) is 4.28. The molecular formula is C20H28N4O. The summed E-state index contributed by atoms with van der Waals surface area (Å²) < 4.78 is 2.00. The molecule has 1 atom stereocenters. The Balaban J connectivity index is 1.65. The Bertz CT molecular complexity index is 718. The van der Waals surface area contributed by atoms with Gasteiger partial charge in [-0.2, -0.15) is 5.10 Å². The lowest BCUT2D eigenvalue weighted by Crippen LogP contribution is -2.42. The molecular weight excluding hydrogens is 312 g/mol. The smallest absolute Gasteiger partial charge is 0.253 e. The second-order valence-electron chi connectivity index (χ2n) is 7.10. The van der Waals surface area contributed by atoms with E-state index in [2.05, 4.69) is 23.4 Å². The molecule has 1 aromatic carbocycles. The van der Waals surface area contributed by atoms with Crippen LogP contribution in [0.2, 0.25) is 0 Å². The average Bonchev–Trinajstić information content (AvgIpc) is 2.93. The Morgan fingerprint density at radius 2 is 2.04 bits per heavy atom. The Morgan fingerprint density at radius 3 is 2.68 bits per heavy atom. The molecule has 3 rings (SSSR count). The minimum Gasteiger partial charge on any atom is -0.338 e. The van der Waals surface area contributed by atoms with Crippen molar-refractivity contribution in [2.45, 2.75) is 33.2 Å². The van der Waals surface area contributed by atoms with E-state index in [1.54, 1.807) is 0 Å². The van der Waals surface area contributed by atoms with E-state index < -0.39 is 0 Å². The second kappa shape index (κ2) is 7.83. The van der Waals surface area contributed by atoms with Gasteiger partial charge in [-0.05, 0) is 70.0 Å². The molecule has 1 saturated heterocycles. The van der Waals surface area contributed by atoms with E-state index >= 15 is 0 Å². The maximum absolute atomic E-state index is 12.8. The molecule has 0 aliphatic carbocycles. The van der Waals surface area contributed by atoms with E-state index in [9.17, 15) is 4.79 Å². The SMILES string of the molecule is CNC[C@@H]1CCCN(C(=O)c2ccc(Cn3nc(C)cc3C)cc2)C1. The van der Waals surface area contributed by atoms with Crippen molar-refractivity contribution in [3.8, 4) is 0 Å². The third-order valence-electron chi connectivity index (χ3n) is 4.94. The summed E-state index contributed by atoms with van der Waals surface area (Å²) in [4.78, 5) is 14.8. The highest BCUT2D eigenvalue weighted by atomic mass is 16.2. The Labute approximate surface area is 150 Å². The van der Waals surface area contributed by atoms with Crippen molar-refractivity contribution in [1.29, 1.82) is 0 Å². The summed E-state index contributed by atoms with van der Waals surface area (Å²) in [6.45, 7) is 7.51. The van der Waals surface area contributed by atoms with Crippen molar-refractivity contribution in [1.82, 2.24) is 20.0 Å². The molecule has 0 radical (unpaired) electrons. The van der Waals surface area contributed by atoms with E-state index in [1.165, 1.54) is 6.42 Å². The van der Waals surface area contributed by atoms with Crippen molar-refractivity contribution in [2.75, 3.05) is 26.7 Å². The molecule has 0 bridgehead atoms. The molecule has 2 aromatic rings. The van der Waals surface area contributed by atoms with Gasteiger partial charge in [0, 0.05) is 24.3 Å². The predicted octanol–water partition coefficient (Wildman–Crippen LogP) is 2.62. The number of aromatic nitrogens is 2. The number of carbonyl (C=O) groups is 1. The van der Waals surface area contributed by atoms with E-state index in [-0.39, 0.29) is 5.91 Å². The lowest BCUT2D eigenvalue weighted by molar-refractivity contribution is 0.0674. The van der Waals surface area contributed by atoms with Crippen LogP contribution in [-0.4, -0.2) is 47.3 Å². The van der Waals surface area contributed by atoms with Gasteiger partial charge in [0.1, 0.15) is 0 Å².